The van der Waals surface area contributed by atoms with Gasteiger partial charge in [-0.3, -0.25) is 10.3 Å². The van der Waals surface area contributed by atoms with E-state index in [2.05, 4.69) is 15.0 Å². The highest BCUT2D eigenvalue weighted by Gasteiger charge is 2.44. The molecule has 216 valence electrons. The molecule has 2 aromatic rings. The fourth-order valence-electron chi connectivity index (χ4n) is 3.49. The standard InChI is InChI=1S/C20H24F3N5O10S/c1-8-24-17(26-18(33)25-8)27-19(34)28-39(35,36)12-6-10(3-2-9(12)4-5-20(21,22)23)37-16-15(32)14(31)13(30)11(7-29)38-16/h2-3,6,11,13-16,29-32H,4-5,7H2,1H3,(H3,24,25,26,27,28,33,34)/t11-,13-,14+,15-,16-/m1/s1. The number of carbonyl (C=O) groups is 1. The van der Waals surface area contributed by atoms with Crippen molar-refractivity contribution in [2.24, 2.45) is 0 Å². The minimum absolute atomic E-state index is 0.0423. The number of nitrogens with zero attached hydrogens (tertiary/aromatic N) is 2. The van der Waals surface area contributed by atoms with Crippen LogP contribution in [0.3, 0.4) is 0 Å². The molecular weight excluding hydrogens is 559 g/mol. The molecule has 1 aliphatic rings. The summed E-state index contributed by atoms with van der Waals surface area (Å²) in [7, 11) is -4.89. The number of ether oxygens (including phenoxy) is 2. The minimum atomic E-state index is -4.89. The van der Waals surface area contributed by atoms with Crippen LogP contribution >= 0.6 is 0 Å². The Hall–Kier alpha value is -3.36. The second kappa shape index (κ2) is 11.8. The van der Waals surface area contributed by atoms with Crippen molar-refractivity contribution < 1.29 is 56.3 Å². The number of aromatic nitrogens is 3. The first-order valence-corrected chi connectivity index (χ1v) is 12.5. The highest BCUT2D eigenvalue weighted by molar-refractivity contribution is 7.90. The quantitative estimate of drug-likeness (QED) is 0.191. The van der Waals surface area contributed by atoms with Gasteiger partial charge in [-0.1, -0.05) is 6.07 Å². The number of carbonyl (C=O) groups excluding carboxylic acids is 1. The molecule has 2 heterocycles. The van der Waals surface area contributed by atoms with Gasteiger partial charge in [-0.05, 0) is 25.0 Å². The number of rotatable bonds is 8. The molecule has 19 heteroatoms. The Balaban J connectivity index is 1.89. The topological polar surface area (TPSA) is 233 Å². The first-order chi connectivity index (χ1) is 18.1. The number of halogens is 3. The van der Waals surface area contributed by atoms with Crippen molar-refractivity contribution in [3.8, 4) is 5.75 Å². The Morgan fingerprint density at radius 3 is 2.49 bits per heavy atom. The van der Waals surface area contributed by atoms with Crippen LogP contribution in [0.2, 0.25) is 0 Å². The molecule has 0 spiro atoms. The smallest absolute Gasteiger partial charge is 0.389 e. The van der Waals surface area contributed by atoms with E-state index in [4.69, 9.17) is 9.47 Å². The maximum absolute atomic E-state index is 13.0. The highest BCUT2D eigenvalue weighted by Crippen LogP contribution is 2.30. The third-order valence-electron chi connectivity index (χ3n) is 5.33. The number of amides is 2. The molecule has 1 aromatic carbocycles. The largest absolute Gasteiger partial charge is 0.462 e. The molecule has 1 saturated heterocycles. The number of hydrogen-bond acceptors (Lipinski definition) is 12. The van der Waals surface area contributed by atoms with Gasteiger partial charge in [0.05, 0.1) is 11.5 Å². The normalized spacial score (nSPS) is 23.7. The summed E-state index contributed by atoms with van der Waals surface area (Å²) in [6, 6.07) is 1.33. The number of anilines is 1. The number of urea groups is 1. The summed E-state index contributed by atoms with van der Waals surface area (Å²) in [5.41, 5.74) is -1.26. The van der Waals surface area contributed by atoms with Gasteiger partial charge in [0.25, 0.3) is 10.0 Å². The molecule has 1 aliphatic heterocycles. The first-order valence-electron chi connectivity index (χ1n) is 11.0. The number of aliphatic hydroxyl groups is 4. The second-order valence-corrected chi connectivity index (χ2v) is 9.97. The van der Waals surface area contributed by atoms with Crippen LogP contribution in [-0.4, -0.2) is 93.3 Å². The van der Waals surface area contributed by atoms with Gasteiger partial charge in [0, 0.05) is 12.5 Å². The Kier molecular flexibility index (Phi) is 9.13. The van der Waals surface area contributed by atoms with E-state index in [0.717, 1.165) is 18.2 Å². The van der Waals surface area contributed by atoms with E-state index in [1.807, 2.05) is 5.32 Å². The first kappa shape index (κ1) is 30.2. The number of aliphatic hydroxyl groups excluding tert-OH is 4. The van der Waals surface area contributed by atoms with Crippen LogP contribution in [-0.2, 0) is 21.2 Å². The average molecular weight is 583 g/mol. The van der Waals surface area contributed by atoms with Crippen molar-refractivity contribution in [1.82, 2.24) is 19.7 Å². The number of alkyl halides is 3. The van der Waals surface area contributed by atoms with Gasteiger partial charge in [0.15, 0.2) is 0 Å². The average Bonchev–Trinajstić information content (AvgIpc) is 2.81. The summed E-state index contributed by atoms with van der Waals surface area (Å²) in [4.78, 5) is 32.1. The zero-order valence-electron chi connectivity index (χ0n) is 19.9. The van der Waals surface area contributed by atoms with Crippen LogP contribution in [0.5, 0.6) is 5.75 Å². The maximum Gasteiger partial charge on any atom is 0.389 e. The third-order valence-corrected chi connectivity index (χ3v) is 6.74. The van der Waals surface area contributed by atoms with E-state index >= 15 is 0 Å². The van der Waals surface area contributed by atoms with Crippen molar-refractivity contribution >= 4 is 22.0 Å². The summed E-state index contributed by atoms with van der Waals surface area (Å²) >= 11 is 0. The zero-order chi connectivity index (χ0) is 29.1. The number of H-pyrrole nitrogens is 1. The summed E-state index contributed by atoms with van der Waals surface area (Å²) in [5, 5.41) is 41.2. The number of nitrogens with one attached hydrogen (secondary N) is 3. The summed E-state index contributed by atoms with van der Waals surface area (Å²) in [6.45, 7) is 0.577. The molecule has 7 N–H and O–H groups in total. The van der Waals surface area contributed by atoms with Crippen LogP contribution in [0.4, 0.5) is 23.9 Å². The summed E-state index contributed by atoms with van der Waals surface area (Å²) in [6.07, 6.45) is -15.3. The van der Waals surface area contributed by atoms with Crippen molar-refractivity contribution in [2.45, 2.75) is 61.5 Å². The van der Waals surface area contributed by atoms with Crippen LogP contribution < -0.4 is 20.5 Å². The molecule has 1 fully saturated rings. The van der Waals surface area contributed by atoms with Gasteiger partial charge in [-0.15, -0.1) is 0 Å². The number of aryl methyl sites for hydroxylation is 2. The molecule has 0 bridgehead atoms. The van der Waals surface area contributed by atoms with Gasteiger partial charge < -0.3 is 29.9 Å². The number of benzene rings is 1. The van der Waals surface area contributed by atoms with Crippen molar-refractivity contribution in [3.05, 3.63) is 40.1 Å². The lowest BCUT2D eigenvalue weighted by atomic mass is 9.99. The Morgan fingerprint density at radius 2 is 1.87 bits per heavy atom. The van der Waals surface area contributed by atoms with Gasteiger partial charge in [-0.25, -0.2) is 22.7 Å². The fourth-order valence-corrected chi connectivity index (χ4v) is 4.68. The summed E-state index contributed by atoms with van der Waals surface area (Å²) in [5.74, 6) is -0.897. The maximum atomic E-state index is 13.0. The predicted octanol–water partition coefficient (Wildman–Crippen LogP) is -1.34. The summed E-state index contributed by atoms with van der Waals surface area (Å²) < 4.78 is 76.7. The minimum Gasteiger partial charge on any atom is -0.462 e. The van der Waals surface area contributed by atoms with E-state index in [-0.39, 0.29) is 17.1 Å². The van der Waals surface area contributed by atoms with Crippen LogP contribution in [0, 0.1) is 6.92 Å². The molecule has 2 amide bonds. The molecule has 15 nitrogen and oxygen atoms in total. The van der Waals surface area contributed by atoms with Gasteiger partial charge in [0.1, 0.15) is 36.0 Å². The molecule has 0 saturated carbocycles. The van der Waals surface area contributed by atoms with Crippen LogP contribution in [0.25, 0.3) is 0 Å². The van der Waals surface area contributed by atoms with E-state index in [9.17, 15) is 51.6 Å². The molecular formula is C20H24F3N5O10S. The number of aromatic amines is 1. The molecule has 0 unspecified atom stereocenters. The van der Waals surface area contributed by atoms with Crippen molar-refractivity contribution in [1.29, 1.82) is 0 Å². The molecule has 3 rings (SSSR count). The molecule has 5 atom stereocenters. The van der Waals surface area contributed by atoms with E-state index in [1.54, 1.807) is 4.72 Å². The predicted molar refractivity (Wildman–Crippen MR) is 122 cm³/mol. The monoisotopic (exact) mass is 583 g/mol. The Bertz CT molecular complexity index is 1350. The van der Waals surface area contributed by atoms with Crippen molar-refractivity contribution in [3.63, 3.8) is 0 Å². The van der Waals surface area contributed by atoms with Crippen molar-refractivity contribution in [2.75, 3.05) is 11.9 Å². The van der Waals surface area contributed by atoms with Crippen LogP contribution in [0.1, 0.15) is 17.8 Å². The van der Waals surface area contributed by atoms with E-state index < -0.39 is 88.9 Å². The van der Waals surface area contributed by atoms with Gasteiger partial charge in [0.2, 0.25) is 12.2 Å². The lowest BCUT2D eigenvalue weighted by Crippen LogP contribution is -2.60. The molecule has 1 aromatic heterocycles. The van der Waals surface area contributed by atoms with Gasteiger partial charge >= 0.3 is 17.9 Å². The fraction of sp³-hybridized carbons (Fsp3) is 0.500. The van der Waals surface area contributed by atoms with E-state index in [1.165, 1.54) is 6.92 Å². The SMILES string of the molecule is Cc1nc(NC(=O)NS(=O)(=O)c2cc(O[C@@H]3O[C@H](CO)[C@@H](O)[C@H](O)[C@H]3O)ccc2CCC(F)(F)F)nc(=O)[nH]1. The Morgan fingerprint density at radius 1 is 1.18 bits per heavy atom. The molecule has 0 radical (unpaired) electrons. The van der Waals surface area contributed by atoms with Crippen LogP contribution in [0.15, 0.2) is 27.9 Å². The number of sulfonamides is 1. The Labute approximate surface area is 217 Å². The second-order valence-electron chi connectivity index (χ2n) is 8.32. The van der Waals surface area contributed by atoms with Gasteiger partial charge in [-0.2, -0.15) is 23.1 Å². The molecule has 0 aliphatic carbocycles. The third kappa shape index (κ3) is 7.83. The molecule has 39 heavy (non-hydrogen) atoms. The zero-order valence-corrected chi connectivity index (χ0v) is 20.7. The lowest BCUT2D eigenvalue weighted by molar-refractivity contribution is -0.277. The highest BCUT2D eigenvalue weighted by atomic mass is 32.2. The lowest BCUT2D eigenvalue weighted by Gasteiger charge is -2.39. The number of hydrogen-bond donors (Lipinski definition) is 7. The van der Waals surface area contributed by atoms with E-state index in [0.29, 0.717) is 0 Å².